The van der Waals surface area contributed by atoms with E-state index in [-0.39, 0.29) is 24.5 Å². The normalized spacial score (nSPS) is 22.8. The van der Waals surface area contributed by atoms with Crippen molar-refractivity contribution < 1.29 is 19.5 Å². The number of para-hydroxylation sites is 2. The largest absolute Gasteiger partial charge is 0.480 e. The lowest BCUT2D eigenvalue weighted by Gasteiger charge is -2.46. The summed E-state index contributed by atoms with van der Waals surface area (Å²) in [4.78, 5) is 44.7. The standard InChI is InChI=1S/C29H31N3O4/c33-26(19-16-21-10-4-1-5-11-21)32-24-17-18-25(32)27(28(34)35)30(20-24)29(36)31(22-12-6-2-7-13-22)23-14-8-3-9-15-23/h1-4,6-10,12-15,24-25,27H,5,11,16-20H2,(H,34,35)/t24-,25+,27-/m0/s1. The van der Waals surface area contributed by atoms with E-state index in [9.17, 15) is 19.5 Å². The fourth-order valence-electron chi connectivity index (χ4n) is 5.74. The summed E-state index contributed by atoms with van der Waals surface area (Å²) < 4.78 is 0. The molecule has 2 fully saturated rings. The Hall–Kier alpha value is -3.87. The van der Waals surface area contributed by atoms with Crippen LogP contribution in [0.5, 0.6) is 0 Å². The van der Waals surface area contributed by atoms with E-state index in [2.05, 4.69) is 12.2 Å². The molecule has 2 heterocycles. The molecule has 0 aromatic heterocycles. The van der Waals surface area contributed by atoms with Gasteiger partial charge >= 0.3 is 12.0 Å². The lowest BCUT2D eigenvalue weighted by atomic mass is 9.98. The number of benzene rings is 2. The van der Waals surface area contributed by atoms with Gasteiger partial charge in [0.15, 0.2) is 6.04 Å². The molecule has 36 heavy (non-hydrogen) atoms. The van der Waals surface area contributed by atoms with Crippen LogP contribution in [0.25, 0.3) is 0 Å². The number of likely N-dealkylation sites (tertiary alicyclic amines) is 1. The molecular weight excluding hydrogens is 454 g/mol. The van der Waals surface area contributed by atoms with Crippen LogP contribution < -0.4 is 4.90 Å². The predicted molar refractivity (Wildman–Crippen MR) is 138 cm³/mol. The lowest BCUT2D eigenvalue weighted by Crippen LogP contribution is -2.66. The molecule has 0 saturated carbocycles. The quantitative estimate of drug-likeness (QED) is 0.615. The number of carbonyl (C=O) groups is 3. The zero-order valence-corrected chi connectivity index (χ0v) is 20.2. The van der Waals surface area contributed by atoms with Gasteiger partial charge in [0.2, 0.25) is 5.91 Å². The molecule has 7 nitrogen and oxygen atoms in total. The molecule has 1 aliphatic carbocycles. The fourth-order valence-corrected chi connectivity index (χ4v) is 5.74. The molecule has 0 spiro atoms. The van der Waals surface area contributed by atoms with Gasteiger partial charge in [-0.2, -0.15) is 0 Å². The third-order valence-electron chi connectivity index (χ3n) is 7.42. The van der Waals surface area contributed by atoms with Crippen molar-refractivity contribution in [2.24, 2.45) is 0 Å². The van der Waals surface area contributed by atoms with Crippen LogP contribution in [0.4, 0.5) is 16.2 Å². The number of urea groups is 1. The summed E-state index contributed by atoms with van der Waals surface area (Å²) in [6, 6.07) is 16.3. The molecular formula is C29H31N3O4. The van der Waals surface area contributed by atoms with Gasteiger partial charge in [-0.15, -0.1) is 0 Å². The highest BCUT2D eigenvalue weighted by molar-refractivity contribution is 6.01. The number of amides is 3. The minimum Gasteiger partial charge on any atom is -0.480 e. The van der Waals surface area contributed by atoms with Crippen LogP contribution in [0, 0.1) is 0 Å². The van der Waals surface area contributed by atoms with Crippen LogP contribution in [0.3, 0.4) is 0 Å². The van der Waals surface area contributed by atoms with E-state index in [4.69, 9.17) is 0 Å². The van der Waals surface area contributed by atoms with Gasteiger partial charge in [0, 0.05) is 19.0 Å². The number of allylic oxidation sites excluding steroid dienone is 4. The SMILES string of the molecule is O=C(O)[C@@H]1[C@H]2CC[C@@H](CN1C(=O)N(c1ccccc1)c1ccccc1)N2C(=O)CCC1=CC=CCC1. The summed E-state index contributed by atoms with van der Waals surface area (Å²) in [5.74, 6) is -1.09. The van der Waals surface area contributed by atoms with Crippen molar-refractivity contribution in [3.8, 4) is 0 Å². The second-order valence-corrected chi connectivity index (χ2v) is 9.62. The van der Waals surface area contributed by atoms with E-state index in [1.807, 2.05) is 66.7 Å². The van der Waals surface area contributed by atoms with Crippen LogP contribution in [0.2, 0.25) is 0 Å². The topological polar surface area (TPSA) is 81.2 Å². The molecule has 7 heteroatoms. The van der Waals surface area contributed by atoms with E-state index in [0.29, 0.717) is 37.1 Å². The minimum absolute atomic E-state index is 0.0146. The molecule has 3 aliphatic rings. The molecule has 3 amide bonds. The first-order valence-electron chi connectivity index (χ1n) is 12.6. The summed E-state index contributed by atoms with van der Waals surface area (Å²) in [6.07, 6.45) is 10.5. The third kappa shape index (κ3) is 4.65. The first-order valence-corrected chi connectivity index (χ1v) is 12.6. The predicted octanol–water partition coefficient (Wildman–Crippen LogP) is 5.13. The van der Waals surface area contributed by atoms with E-state index < -0.39 is 18.1 Å². The number of piperazine rings is 1. The average molecular weight is 486 g/mol. The van der Waals surface area contributed by atoms with Crippen molar-refractivity contribution in [1.29, 1.82) is 0 Å². The van der Waals surface area contributed by atoms with Crippen LogP contribution in [-0.4, -0.2) is 57.5 Å². The number of nitrogens with zero attached hydrogens (tertiary/aromatic N) is 3. The Morgan fingerprint density at radius 3 is 2.19 bits per heavy atom. The Labute approximate surface area is 211 Å². The van der Waals surface area contributed by atoms with Gasteiger partial charge in [-0.1, -0.05) is 60.2 Å². The number of aliphatic carboxylic acids is 1. The first-order chi connectivity index (χ1) is 17.5. The van der Waals surface area contributed by atoms with E-state index in [0.717, 1.165) is 12.8 Å². The summed E-state index contributed by atoms with van der Waals surface area (Å²) in [5, 5.41) is 10.3. The van der Waals surface area contributed by atoms with Crippen molar-refractivity contribution in [2.75, 3.05) is 11.4 Å². The maximum absolute atomic E-state index is 14.0. The molecule has 5 rings (SSSR count). The molecule has 1 N–H and O–H groups in total. The van der Waals surface area contributed by atoms with Crippen molar-refractivity contribution in [3.63, 3.8) is 0 Å². The molecule has 2 saturated heterocycles. The van der Waals surface area contributed by atoms with E-state index in [1.54, 1.807) is 9.80 Å². The van der Waals surface area contributed by atoms with Gasteiger partial charge in [-0.3, -0.25) is 9.69 Å². The number of anilines is 2. The second kappa shape index (κ2) is 10.4. The van der Waals surface area contributed by atoms with Crippen LogP contribution >= 0.6 is 0 Å². The number of rotatable bonds is 6. The van der Waals surface area contributed by atoms with Gasteiger partial charge < -0.3 is 14.9 Å². The molecule has 2 aliphatic heterocycles. The highest BCUT2D eigenvalue weighted by Crippen LogP contribution is 2.37. The lowest BCUT2D eigenvalue weighted by molar-refractivity contribution is -0.151. The summed E-state index contributed by atoms with van der Waals surface area (Å²) in [5.41, 5.74) is 2.58. The first kappa shape index (κ1) is 23.9. The van der Waals surface area contributed by atoms with Crippen LogP contribution in [0.15, 0.2) is 84.5 Å². The number of fused-ring (bicyclic) bond motifs is 2. The number of carboxylic acid groups (broad SMARTS) is 1. The Morgan fingerprint density at radius 1 is 0.944 bits per heavy atom. The van der Waals surface area contributed by atoms with Crippen molar-refractivity contribution in [2.45, 2.75) is 56.7 Å². The summed E-state index contributed by atoms with van der Waals surface area (Å²) in [6.45, 7) is 0.208. The Kier molecular flexibility index (Phi) is 6.89. The van der Waals surface area contributed by atoms with E-state index in [1.165, 1.54) is 10.5 Å². The zero-order valence-electron chi connectivity index (χ0n) is 20.2. The maximum atomic E-state index is 14.0. The summed E-state index contributed by atoms with van der Waals surface area (Å²) in [7, 11) is 0. The van der Waals surface area contributed by atoms with Gasteiger partial charge in [0.25, 0.3) is 0 Å². The molecule has 2 aromatic rings. The summed E-state index contributed by atoms with van der Waals surface area (Å²) >= 11 is 0. The average Bonchev–Trinajstić information content (AvgIpc) is 3.21. The van der Waals surface area contributed by atoms with Gasteiger partial charge in [-0.05, 0) is 56.4 Å². The monoisotopic (exact) mass is 485 g/mol. The Morgan fingerprint density at radius 2 is 1.61 bits per heavy atom. The highest BCUT2D eigenvalue weighted by Gasteiger charge is 2.53. The Bertz CT molecular complexity index is 1140. The van der Waals surface area contributed by atoms with Crippen molar-refractivity contribution in [1.82, 2.24) is 9.80 Å². The minimum atomic E-state index is -1.09. The fraction of sp³-hybridized carbons (Fsp3) is 0.345. The van der Waals surface area contributed by atoms with Gasteiger partial charge in [-0.25, -0.2) is 9.59 Å². The van der Waals surface area contributed by atoms with Crippen LogP contribution in [-0.2, 0) is 9.59 Å². The van der Waals surface area contributed by atoms with Gasteiger partial charge in [0.05, 0.1) is 17.4 Å². The van der Waals surface area contributed by atoms with E-state index >= 15 is 0 Å². The molecule has 2 aromatic carbocycles. The van der Waals surface area contributed by atoms with Crippen molar-refractivity contribution in [3.05, 3.63) is 84.5 Å². The molecule has 0 unspecified atom stereocenters. The number of hydrogen-bond acceptors (Lipinski definition) is 3. The molecule has 186 valence electrons. The van der Waals surface area contributed by atoms with Crippen LogP contribution in [0.1, 0.15) is 38.5 Å². The molecule has 0 radical (unpaired) electrons. The molecule has 2 bridgehead atoms. The van der Waals surface area contributed by atoms with Gasteiger partial charge in [0.1, 0.15) is 0 Å². The van der Waals surface area contributed by atoms with Crippen molar-refractivity contribution >= 4 is 29.3 Å². The second-order valence-electron chi connectivity index (χ2n) is 9.62. The number of carbonyl (C=O) groups excluding carboxylic acids is 2. The number of carboxylic acids is 1. The highest BCUT2D eigenvalue weighted by atomic mass is 16.4. The molecule has 3 atom stereocenters. The third-order valence-corrected chi connectivity index (χ3v) is 7.42. The number of hydrogen-bond donors (Lipinski definition) is 1. The zero-order chi connectivity index (χ0) is 25.1. The smallest absolute Gasteiger partial charge is 0.329 e. The maximum Gasteiger partial charge on any atom is 0.329 e. The Balaban J connectivity index is 1.40.